The van der Waals surface area contributed by atoms with Crippen molar-refractivity contribution in [2.45, 2.75) is 6.54 Å². The van der Waals surface area contributed by atoms with Gasteiger partial charge in [0, 0.05) is 28.0 Å². The van der Waals surface area contributed by atoms with Crippen LogP contribution in [0.4, 0.5) is 4.39 Å². The van der Waals surface area contributed by atoms with E-state index in [2.05, 4.69) is 20.9 Å². The summed E-state index contributed by atoms with van der Waals surface area (Å²) in [6, 6.07) is 3.33. The number of pyridine rings is 1. The number of thiophene rings is 1. The lowest BCUT2D eigenvalue weighted by molar-refractivity contribution is 0.0781. The predicted octanol–water partition coefficient (Wildman–Crippen LogP) is 3.32. The molecule has 0 atom stereocenters. The smallest absolute Gasteiger partial charge is 0.257 e. The first kappa shape index (κ1) is 13.2. The van der Waals surface area contributed by atoms with E-state index in [0.717, 1.165) is 15.5 Å². The molecule has 94 valence electrons. The summed E-state index contributed by atoms with van der Waals surface area (Å²) in [6.07, 6.45) is 2.45. The fourth-order valence-electron chi connectivity index (χ4n) is 1.50. The van der Waals surface area contributed by atoms with Crippen molar-refractivity contribution in [2.75, 3.05) is 7.05 Å². The molecule has 0 fully saturated rings. The van der Waals surface area contributed by atoms with Gasteiger partial charge in [-0.3, -0.25) is 9.78 Å². The van der Waals surface area contributed by atoms with Gasteiger partial charge in [-0.25, -0.2) is 4.39 Å². The van der Waals surface area contributed by atoms with E-state index in [1.807, 2.05) is 11.4 Å². The van der Waals surface area contributed by atoms with Gasteiger partial charge >= 0.3 is 0 Å². The third kappa shape index (κ3) is 2.94. The van der Waals surface area contributed by atoms with Crippen LogP contribution in [0.15, 0.2) is 34.4 Å². The average molecular weight is 329 g/mol. The Bertz CT molecular complexity index is 573. The van der Waals surface area contributed by atoms with Gasteiger partial charge in [0.2, 0.25) is 0 Å². The van der Waals surface area contributed by atoms with Crippen molar-refractivity contribution in [3.8, 4) is 0 Å². The van der Waals surface area contributed by atoms with Gasteiger partial charge in [0.15, 0.2) is 5.82 Å². The second-order valence-electron chi connectivity index (χ2n) is 3.75. The molecule has 0 bridgehead atoms. The van der Waals surface area contributed by atoms with E-state index in [-0.39, 0.29) is 11.5 Å². The molecule has 0 aliphatic rings. The standard InChI is InChI=1S/C12H10BrFN2OS/c1-16(6-9-4-8(13)7-18-9)12(17)10-2-3-15-5-11(10)14/h2-5,7H,6H2,1H3. The fraction of sp³-hybridized carbons (Fsp3) is 0.167. The lowest BCUT2D eigenvalue weighted by Gasteiger charge is -2.16. The van der Waals surface area contributed by atoms with Crippen LogP contribution in [0.1, 0.15) is 15.2 Å². The van der Waals surface area contributed by atoms with Crippen molar-refractivity contribution in [3.05, 3.63) is 50.6 Å². The molecule has 1 amide bonds. The Kier molecular flexibility index (Phi) is 4.08. The fourth-order valence-corrected chi connectivity index (χ4v) is 3.00. The van der Waals surface area contributed by atoms with Crippen molar-refractivity contribution in [1.29, 1.82) is 0 Å². The number of carbonyl (C=O) groups excluding carboxylic acids is 1. The highest BCUT2D eigenvalue weighted by Crippen LogP contribution is 2.21. The molecule has 0 unspecified atom stereocenters. The van der Waals surface area contributed by atoms with E-state index >= 15 is 0 Å². The van der Waals surface area contributed by atoms with E-state index in [9.17, 15) is 9.18 Å². The Morgan fingerprint density at radius 2 is 2.39 bits per heavy atom. The first-order valence-electron chi connectivity index (χ1n) is 5.16. The monoisotopic (exact) mass is 328 g/mol. The highest BCUT2D eigenvalue weighted by atomic mass is 79.9. The Balaban J connectivity index is 2.12. The Morgan fingerprint density at radius 1 is 1.61 bits per heavy atom. The topological polar surface area (TPSA) is 33.2 Å². The predicted molar refractivity (Wildman–Crippen MR) is 72.0 cm³/mol. The summed E-state index contributed by atoms with van der Waals surface area (Å²) in [5.41, 5.74) is 0.0446. The Hall–Kier alpha value is -1.27. The van der Waals surface area contributed by atoms with Gasteiger partial charge in [-0.15, -0.1) is 11.3 Å². The highest BCUT2D eigenvalue weighted by Gasteiger charge is 2.16. The molecule has 0 radical (unpaired) electrons. The van der Waals surface area contributed by atoms with Crippen LogP contribution < -0.4 is 0 Å². The summed E-state index contributed by atoms with van der Waals surface area (Å²) in [7, 11) is 1.65. The summed E-state index contributed by atoms with van der Waals surface area (Å²) in [4.78, 5) is 18.2. The molecule has 3 nitrogen and oxygen atoms in total. The summed E-state index contributed by atoms with van der Waals surface area (Å²) < 4.78 is 14.4. The average Bonchev–Trinajstić information content (AvgIpc) is 2.74. The Morgan fingerprint density at radius 3 is 3.00 bits per heavy atom. The molecule has 0 N–H and O–H groups in total. The molecule has 2 rings (SSSR count). The molecule has 6 heteroatoms. The van der Waals surface area contributed by atoms with E-state index in [1.54, 1.807) is 18.4 Å². The van der Waals surface area contributed by atoms with E-state index in [4.69, 9.17) is 0 Å². The summed E-state index contributed by atoms with van der Waals surface area (Å²) in [5, 5.41) is 1.95. The number of rotatable bonds is 3. The van der Waals surface area contributed by atoms with Crippen LogP contribution >= 0.6 is 27.3 Å². The van der Waals surface area contributed by atoms with Crippen molar-refractivity contribution >= 4 is 33.2 Å². The van der Waals surface area contributed by atoms with Crippen LogP contribution in [0.5, 0.6) is 0 Å². The highest BCUT2D eigenvalue weighted by molar-refractivity contribution is 9.10. The molecule has 0 aliphatic carbocycles. The Labute approximate surface area is 116 Å². The van der Waals surface area contributed by atoms with E-state index in [1.165, 1.54) is 17.2 Å². The van der Waals surface area contributed by atoms with Crippen molar-refractivity contribution in [1.82, 2.24) is 9.88 Å². The summed E-state index contributed by atoms with van der Waals surface area (Å²) in [5.74, 6) is -0.943. The second kappa shape index (κ2) is 5.58. The minimum absolute atomic E-state index is 0.0446. The van der Waals surface area contributed by atoms with E-state index in [0.29, 0.717) is 6.54 Å². The first-order chi connectivity index (χ1) is 8.58. The zero-order valence-corrected chi connectivity index (χ0v) is 12.0. The maximum atomic E-state index is 13.4. The quantitative estimate of drug-likeness (QED) is 0.865. The van der Waals surface area contributed by atoms with Crippen LogP contribution in [0, 0.1) is 5.82 Å². The van der Waals surface area contributed by atoms with E-state index < -0.39 is 5.82 Å². The third-order valence-electron chi connectivity index (χ3n) is 2.36. The number of nitrogens with zero attached hydrogens (tertiary/aromatic N) is 2. The maximum absolute atomic E-state index is 13.4. The number of amides is 1. The molecule has 0 saturated carbocycles. The van der Waals surface area contributed by atoms with Crippen LogP contribution in [-0.4, -0.2) is 22.8 Å². The lowest BCUT2D eigenvalue weighted by atomic mass is 10.2. The maximum Gasteiger partial charge on any atom is 0.257 e. The third-order valence-corrected chi connectivity index (χ3v) is 4.05. The van der Waals surface area contributed by atoms with Gasteiger partial charge in [-0.1, -0.05) is 0 Å². The molecule has 0 aliphatic heterocycles. The number of hydrogen-bond acceptors (Lipinski definition) is 3. The molecule has 0 spiro atoms. The van der Waals surface area contributed by atoms with Crippen LogP contribution in [0.3, 0.4) is 0 Å². The van der Waals surface area contributed by atoms with Crippen molar-refractivity contribution in [2.24, 2.45) is 0 Å². The minimum atomic E-state index is -0.596. The van der Waals surface area contributed by atoms with Crippen LogP contribution in [0.2, 0.25) is 0 Å². The van der Waals surface area contributed by atoms with Gasteiger partial charge in [0.05, 0.1) is 18.3 Å². The number of hydrogen-bond donors (Lipinski definition) is 0. The second-order valence-corrected chi connectivity index (χ2v) is 5.66. The number of halogens is 2. The molecule has 0 saturated heterocycles. The SMILES string of the molecule is CN(Cc1cc(Br)cs1)C(=O)c1ccncc1F. The summed E-state index contributed by atoms with van der Waals surface area (Å²) in [6.45, 7) is 0.455. The summed E-state index contributed by atoms with van der Waals surface area (Å²) >= 11 is 4.90. The molecular weight excluding hydrogens is 319 g/mol. The van der Waals surface area contributed by atoms with Gasteiger partial charge in [0.25, 0.3) is 5.91 Å². The van der Waals surface area contributed by atoms with Crippen molar-refractivity contribution < 1.29 is 9.18 Å². The molecule has 2 aromatic rings. The van der Waals surface area contributed by atoms with Gasteiger partial charge in [-0.05, 0) is 28.1 Å². The number of aromatic nitrogens is 1. The molecule has 2 heterocycles. The molecular formula is C12H10BrFN2OS. The number of carbonyl (C=O) groups is 1. The minimum Gasteiger partial charge on any atom is -0.336 e. The largest absolute Gasteiger partial charge is 0.336 e. The molecule has 0 aromatic carbocycles. The molecule has 18 heavy (non-hydrogen) atoms. The van der Waals surface area contributed by atoms with Gasteiger partial charge < -0.3 is 4.90 Å². The van der Waals surface area contributed by atoms with Gasteiger partial charge in [0.1, 0.15) is 0 Å². The molecule has 2 aromatic heterocycles. The zero-order valence-electron chi connectivity index (χ0n) is 9.56. The van der Waals surface area contributed by atoms with Gasteiger partial charge in [-0.2, -0.15) is 0 Å². The zero-order chi connectivity index (χ0) is 13.1. The normalized spacial score (nSPS) is 10.4. The first-order valence-corrected chi connectivity index (χ1v) is 6.83. The lowest BCUT2D eigenvalue weighted by Crippen LogP contribution is -2.26. The van der Waals surface area contributed by atoms with Crippen molar-refractivity contribution in [3.63, 3.8) is 0 Å². The van der Waals surface area contributed by atoms with Crippen LogP contribution in [0.25, 0.3) is 0 Å². The van der Waals surface area contributed by atoms with Crippen LogP contribution in [-0.2, 0) is 6.54 Å².